The average molecular weight is 276 g/mol. The Balaban J connectivity index is 2.09. The van der Waals surface area contributed by atoms with Crippen LogP contribution in [0.25, 0.3) is 0 Å². The third-order valence-corrected chi connectivity index (χ3v) is 3.01. The zero-order valence-electron chi connectivity index (χ0n) is 12.0. The number of nitrogens with zero attached hydrogens (tertiary/aromatic N) is 2. The van der Waals surface area contributed by atoms with Crippen LogP contribution in [0.15, 0.2) is 30.5 Å². The number of aromatic nitrogens is 2. The molecule has 0 saturated heterocycles. The molecule has 5 nitrogen and oxygen atoms in total. The number of aliphatic hydroxyl groups is 1. The predicted octanol–water partition coefficient (Wildman–Crippen LogP) is 2.54. The van der Waals surface area contributed by atoms with Crippen molar-refractivity contribution < 1.29 is 14.6 Å². The molecule has 0 atom stereocenters. The van der Waals surface area contributed by atoms with Crippen LogP contribution in [0, 0.1) is 0 Å². The molecular formula is C15H20N2O3. The normalized spacial score (nSPS) is 10.8. The minimum atomic E-state index is -0.0697. The molecular weight excluding hydrogens is 256 g/mol. The highest BCUT2D eigenvalue weighted by molar-refractivity contribution is 5.40. The van der Waals surface area contributed by atoms with Crippen LogP contribution in [0.5, 0.6) is 11.5 Å². The van der Waals surface area contributed by atoms with E-state index in [0.717, 1.165) is 11.3 Å². The quantitative estimate of drug-likeness (QED) is 0.881. The van der Waals surface area contributed by atoms with E-state index >= 15 is 0 Å². The van der Waals surface area contributed by atoms with Gasteiger partial charge in [0.25, 0.3) is 0 Å². The van der Waals surface area contributed by atoms with Gasteiger partial charge in [0.05, 0.1) is 19.4 Å². The Kier molecular flexibility index (Phi) is 4.63. The summed E-state index contributed by atoms with van der Waals surface area (Å²) in [5.41, 5.74) is 1.58. The lowest BCUT2D eigenvalue weighted by atomic mass is 10.2. The summed E-state index contributed by atoms with van der Waals surface area (Å²) in [6.07, 6.45) is 1.93. The van der Waals surface area contributed by atoms with Crippen molar-refractivity contribution in [1.29, 1.82) is 0 Å². The Morgan fingerprint density at radius 3 is 2.70 bits per heavy atom. The summed E-state index contributed by atoms with van der Waals surface area (Å²) in [5, 5.41) is 13.7. The van der Waals surface area contributed by atoms with Crippen LogP contribution in [0.3, 0.4) is 0 Å². The number of hydrogen-bond acceptors (Lipinski definition) is 4. The Labute approximate surface area is 118 Å². The van der Waals surface area contributed by atoms with Gasteiger partial charge in [-0.05, 0) is 32.0 Å². The second kappa shape index (κ2) is 6.43. The Bertz CT molecular complexity index is 564. The summed E-state index contributed by atoms with van der Waals surface area (Å²) in [4.78, 5) is 0. The molecule has 0 radical (unpaired) electrons. The molecule has 0 aliphatic carbocycles. The molecule has 5 heteroatoms. The maximum absolute atomic E-state index is 9.32. The van der Waals surface area contributed by atoms with E-state index in [1.165, 1.54) is 0 Å². The van der Waals surface area contributed by atoms with Gasteiger partial charge in [-0.1, -0.05) is 0 Å². The first-order chi connectivity index (χ1) is 9.63. The maximum atomic E-state index is 9.32. The number of aliphatic hydroxyl groups excluding tert-OH is 1. The molecule has 1 N–H and O–H groups in total. The highest BCUT2D eigenvalue weighted by Gasteiger charge is 2.07. The average Bonchev–Trinajstić information content (AvgIpc) is 2.93. The maximum Gasteiger partial charge on any atom is 0.132 e. The SMILES string of the molecule is COc1ccc(CO)c(OCc2ccn(C(C)C)n2)c1. The van der Waals surface area contributed by atoms with Crippen LogP contribution in [-0.4, -0.2) is 22.0 Å². The fraction of sp³-hybridized carbons (Fsp3) is 0.400. The molecule has 1 aromatic carbocycles. The van der Waals surface area contributed by atoms with Crippen LogP contribution in [0.1, 0.15) is 31.1 Å². The van der Waals surface area contributed by atoms with Crippen LogP contribution in [0.2, 0.25) is 0 Å². The molecule has 2 aromatic rings. The fourth-order valence-corrected chi connectivity index (χ4v) is 1.82. The van der Waals surface area contributed by atoms with E-state index in [4.69, 9.17) is 9.47 Å². The standard InChI is InChI=1S/C15H20N2O3/c1-11(2)17-7-6-13(16-17)10-20-15-8-14(19-3)5-4-12(15)9-18/h4-8,11,18H,9-10H2,1-3H3. The predicted molar refractivity (Wildman–Crippen MR) is 75.9 cm³/mol. The number of hydrogen-bond donors (Lipinski definition) is 1. The molecule has 0 aliphatic heterocycles. The number of methoxy groups -OCH3 is 1. The summed E-state index contributed by atoms with van der Waals surface area (Å²) >= 11 is 0. The van der Waals surface area contributed by atoms with Crippen molar-refractivity contribution in [2.24, 2.45) is 0 Å². The first-order valence-corrected chi connectivity index (χ1v) is 6.58. The summed E-state index contributed by atoms with van der Waals surface area (Å²) in [7, 11) is 1.60. The van der Waals surface area contributed by atoms with Crippen LogP contribution in [-0.2, 0) is 13.2 Å². The first kappa shape index (κ1) is 14.4. The zero-order valence-corrected chi connectivity index (χ0v) is 12.0. The molecule has 0 fully saturated rings. The molecule has 0 unspecified atom stereocenters. The number of ether oxygens (including phenoxy) is 2. The zero-order chi connectivity index (χ0) is 14.5. The highest BCUT2D eigenvalue weighted by atomic mass is 16.5. The van der Waals surface area contributed by atoms with Gasteiger partial charge in [-0.3, -0.25) is 4.68 Å². The Morgan fingerprint density at radius 2 is 2.10 bits per heavy atom. The third kappa shape index (κ3) is 3.30. The van der Waals surface area contributed by atoms with Gasteiger partial charge in [0, 0.05) is 23.9 Å². The van der Waals surface area contributed by atoms with Crippen LogP contribution < -0.4 is 9.47 Å². The molecule has 1 heterocycles. The lowest BCUT2D eigenvalue weighted by Crippen LogP contribution is -2.04. The second-order valence-corrected chi connectivity index (χ2v) is 4.80. The van der Waals surface area contributed by atoms with Gasteiger partial charge in [0.1, 0.15) is 18.1 Å². The van der Waals surface area contributed by atoms with Crippen molar-refractivity contribution in [3.8, 4) is 11.5 Å². The Morgan fingerprint density at radius 1 is 1.30 bits per heavy atom. The van der Waals surface area contributed by atoms with E-state index < -0.39 is 0 Å². The minimum Gasteiger partial charge on any atom is -0.497 e. The van der Waals surface area contributed by atoms with Gasteiger partial charge >= 0.3 is 0 Å². The minimum absolute atomic E-state index is 0.0697. The smallest absolute Gasteiger partial charge is 0.132 e. The van der Waals surface area contributed by atoms with Crippen molar-refractivity contribution in [3.05, 3.63) is 41.7 Å². The van der Waals surface area contributed by atoms with Gasteiger partial charge in [0.15, 0.2) is 0 Å². The van der Waals surface area contributed by atoms with E-state index in [-0.39, 0.29) is 6.61 Å². The monoisotopic (exact) mass is 276 g/mol. The van der Waals surface area contributed by atoms with E-state index in [0.29, 0.717) is 24.1 Å². The number of benzene rings is 1. The lowest BCUT2D eigenvalue weighted by Gasteiger charge is -2.11. The second-order valence-electron chi connectivity index (χ2n) is 4.80. The summed E-state index contributed by atoms with van der Waals surface area (Å²) < 4.78 is 12.8. The van der Waals surface area contributed by atoms with Gasteiger partial charge in [-0.25, -0.2) is 0 Å². The van der Waals surface area contributed by atoms with E-state index in [2.05, 4.69) is 18.9 Å². The molecule has 1 aromatic heterocycles. The van der Waals surface area contributed by atoms with Crippen molar-refractivity contribution in [2.75, 3.05) is 7.11 Å². The molecule has 0 aliphatic rings. The lowest BCUT2D eigenvalue weighted by molar-refractivity contribution is 0.255. The van der Waals surface area contributed by atoms with Gasteiger partial charge in [0.2, 0.25) is 0 Å². The molecule has 0 bridgehead atoms. The van der Waals surface area contributed by atoms with Gasteiger partial charge < -0.3 is 14.6 Å². The topological polar surface area (TPSA) is 56.5 Å². The van der Waals surface area contributed by atoms with Crippen molar-refractivity contribution in [3.63, 3.8) is 0 Å². The first-order valence-electron chi connectivity index (χ1n) is 6.58. The van der Waals surface area contributed by atoms with E-state index in [9.17, 15) is 5.11 Å². The molecule has 0 saturated carbocycles. The molecule has 2 rings (SSSR count). The van der Waals surface area contributed by atoms with Crippen LogP contribution >= 0.6 is 0 Å². The fourth-order valence-electron chi connectivity index (χ4n) is 1.82. The van der Waals surface area contributed by atoms with Gasteiger partial charge in [-0.2, -0.15) is 5.10 Å². The Hall–Kier alpha value is -2.01. The summed E-state index contributed by atoms with van der Waals surface area (Å²) in [6, 6.07) is 7.62. The summed E-state index contributed by atoms with van der Waals surface area (Å²) in [6.45, 7) is 4.44. The molecule has 0 spiro atoms. The van der Waals surface area contributed by atoms with Crippen molar-refractivity contribution in [2.45, 2.75) is 33.1 Å². The molecule has 0 amide bonds. The molecule has 108 valence electrons. The highest BCUT2D eigenvalue weighted by Crippen LogP contribution is 2.25. The summed E-state index contributed by atoms with van der Waals surface area (Å²) in [5.74, 6) is 1.32. The van der Waals surface area contributed by atoms with Crippen molar-refractivity contribution >= 4 is 0 Å². The number of rotatable bonds is 6. The largest absolute Gasteiger partial charge is 0.497 e. The molecule has 20 heavy (non-hydrogen) atoms. The van der Waals surface area contributed by atoms with Gasteiger partial charge in [-0.15, -0.1) is 0 Å². The van der Waals surface area contributed by atoms with Crippen LogP contribution in [0.4, 0.5) is 0 Å². The third-order valence-electron chi connectivity index (χ3n) is 3.01. The van der Waals surface area contributed by atoms with E-state index in [1.807, 2.05) is 16.9 Å². The van der Waals surface area contributed by atoms with E-state index in [1.54, 1.807) is 25.3 Å². The van der Waals surface area contributed by atoms with Crippen molar-refractivity contribution in [1.82, 2.24) is 9.78 Å².